The predicted octanol–water partition coefficient (Wildman–Crippen LogP) is 1.71. The summed E-state index contributed by atoms with van der Waals surface area (Å²) >= 11 is 1.18. The number of nitro groups is 1. The molecule has 4 rings (SSSR count). The highest BCUT2D eigenvalue weighted by Crippen LogP contribution is 2.32. The highest BCUT2D eigenvalue weighted by Gasteiger charge is 2.33. The van der Waals surface area contributed by atoms with Gasteiger partial charge in [0.25, 0.3) is 11.2 Å². The van der Waals surface area contributed by atoms with E-state index in [9.17, 15) is 19.7 Å². The van der Waals surface area contributed by atoms with Gasteiger partial charge in [-0.05, 0) is 36.3 Å². The van der Waals surface area contributed by atoms with Gasteiger partial charge in [-0.25, -0.2) is 9.79 Å². The first-order valence-electron chi connectivity index (χ1n) is 9.16. The topological polar surface area (TPSA) is 117 Å². The molecule has 0 N–H and O–H groups in total. The number of fused-ring (bicyclic) bond motifs is 1. The van der Waals surface area contributed by atoms with E-state index in [0.29, 0.717) is 20.6 Å². The van der Waals surface area contributed by atoms with Gasteiger partial charge < -0.3 is 4.74 Å². The molecule has 1 aliphatic heterocycles. The lowest BCUT2D eigenvalue weighted by atomic mass is 9.95. The van der Waals surface area contributed by atoms with Gasteiger partial charge in [-0.15, -0.1) is 0 Å². The lowest BCUT2D eigenvalue weighted by Crippen LogP contribution is -2.39. The lowest BCUT2D eigenvalue weighted by Gasteiger charge is -2.24. The van der Waals surface area contributed by atoms with E-state index in [0.717, 1.165) is 5.56 Å². The number of allylic oxidation sites excluding steroid dienone is 1. The van der Waals surface area contributed by atoms with E-state index in [1.807, 2.05) is 0 Å². The second-order valence-electron chi connectivity index (χ2n) is 6.71. The Morgan fingerprint density at radius 2 is 2.03 bits per heavy atom. The second-order valence-corrected chi connectivity index (χ2v) is 7.72. The van der Waals surface area contributed by atoms with E-state index >= 15 is 0 Å². The third kappa shape index (κ3) is 3.68. The average Bonchev–Trinajstić information content (AvgIpc) is 3.07. The van der Waals surface area contributed by atoms with Crippen LogP contribution < -0.4 is 14.9 Å². The molecule has 1 aromatic carbocycles. The van der Waals surface area contributed by atoms with Gasteiger partial charge in [0.15, 0.2) is 4.80 Å². The zero-order chi connectivity index (χ0) is 22.1. The van der Waals surface area contributed by atoms with Gasteiger partial charge in [0, 0.05) is 24.5 Å². The molecule has 1 atom stereocenters. The monoisotopic (exact) mass is 436 g/mol. The van der Waals surface area contributed by atoms with E-state index < -0.39 is 16.9 Å². The molecule has 0 radical (unpaired) electrons. The molecular formula is C21H16N4O5S. The molecule has 31 heavy (non-hydrogen) atoms. The highest BCUT2D eigenvalue weighted by atomic mass is 32.1. The Hall–Kier alpha value is -3.92. The number of carbonyl (C=O) groups is 1. The quantitative estimate of drug-likeness (QED) is 0.349. The second kappa shape index (κ2) is 8.07. The number of nitrogens with zero attached hydrogens (tertiary/aromatic N) is 4. The Kier molecular flexibility index (Phi) is 5.30. The van der Waals surface area contributed by atoms with E-state index in [1.165, 1.54) is 41.2 Å². The van der Waals surface area contributed by atoms with Crippen molar-refractivity contribution in [2.45, 2.75) is 13.0 Å². The number of aromatic nitrogens is 2. The maximum absolute atomic E-state index is 13.3. The van der Waals surface area contributed by atoms with E-state index in [-0.39, 0.29) is 16.8 Å². The summed E-state index contributed by atoms with van der Waals surface area (Å²) in [7, 11) is 1.24. The van der Waals surface area contributed by atoms with Crippen molar-refractivity contribution in [2.24, 2.45) is 4.99 Å². The van der Waals surface area contributed by atoms with Crippen molar-refractivity contribution in [3.05, 3.63) is 101 Å². The standard InChI is InChI=1S/C21H16N4O5S/c1-12-17(20(27)30-2)18(14-4-3-5-15(11-14)25(28)29)24-19(26)16(31-21(24)23-12)10-13-6-8-22-9-7-13/h3-11,18H,1-2H3/b16-10-. The van der Waals surface area contributed by atoms with Crippen molar-refractivity contribution in [1.29, 1.82) is 0 Å². The van der Waals surface area contributed by atoms with Gasteiger partial charge in [0.05, 0.1) is 33.9 Å². The molecule has 0 aliphatic carbocycles. The SMILES string of the molecule is COC(=O)C1=C(C)N=c2s/c(=C\c3ccncc3)c(=O)n2C1c1cccc([N+](=O)[O-])c1. The number of esters is 1. The van der Waals surface area contributed by atoms with Crippen molar-refractivity contribution in [3.8, 4) is 0 Å². The number of hydrogen-bond acceptors (Lipinski definition) is 8. The molecular weight excluding hydrogens is 420 g/mol. The first-order valence-corrected chi connectivity index (χ1v) is 9.97. The van der Waals surface area contributed by atoms with Gasteiger partial charge >= 0.3 is 5.97 Å². The maximum Gasteiger partial charge on any atom is 0.338 e. The van der Waals surface area contributed by atoms with Crippen LogP contribution in [0.15, 0.2) is 69.8 Å². The van der Waals surface area contributed by atoms with Gasteiger partial charge in [0.1, 0.15) is 0 Å². The Balaban J connectivity index is 2.00. The van der Waals surface area contributed by atoms with Crippen LogP contribution in [0.2, 0.25) is 0 Å². The molecule has 0 amide bonds. The van der Waals surface area contributed by atoms with Crippen molar-refractivity contribution in [2.75, 3.05) is 7.11 Å². The van der Waals surface area contributed by atoms with Gasteiger partial charge in [-0.3, -0.25) is 24.5 Å². The Morgan fingerprint density at radius 3 is 2.71 bits per heavy atom. The fourth-order valence-corrected chi connectivity index (χ4v) is 4.47. The summed E-state index contributed by atoms with van der Waals surface area (Å²) in [6.45, 7) is 1.65. The Labute approximate surface area is 179 Å². The molecule has 0 saturated carbocycles. The summed E-state index contributed by atoms with van der Waals surface area (Å²) in [5, 5.41) is 11.3. The molecule has 9 nitrogen and oxygen atoms in total. The minimum Gasteiger partial charge on any atom is -0.466 e. The molecule has 3 heterocycles. The molecule has 0 saturated heterocycles. The number of hydrogen-bond donors (Lipinski definition) is 0. The zero-order valence-corrected chi connectivity index (χ0v) is 17.3. The third-order valence-corrected chi connectivity index (χ3v) is 5.81. The van der Waals surface area contributed by atoms with Crippen LogP contribution in [0.1, 0.15) is 24.1 Å². The predicted molar refractivity (Wildman–Crippen MR) is 113 cm³/mol. The molecule has 10 heteroatoms. The summed E-state index contributed by atoms with van der Waals surface area (Å²) in [6.07, 6.45) is 4.95. The van der Waals surface area contributed by atoms with Crippen LogP contribution >= 0.6 is 11.3 Å². The molecule has 156 valence electrons. The number of ether oxygens (including phenoxy) is 1. The number of benzene rings is 1. The minimum absolute atomic E-state index is 0.143. The van der Waals surface area contributed by atoms with E-state index in [2.05, 4.69) is 9.98 Å². The summed E-state index contributed by atoms with van der Waals surface area (Å²) in [5.74, 6) is -0.652. The van der Waals surface area contributed by atoms with Gasteiger partial charge in [0.2, 0.25) is 0 Å². The minimum atomic E-state index is -0.900. The summed E-state index contributed by atoms with van der Waals surface area (Å²) in [4.78, 5) is 45.5. The third-order valence-electron chi connectivity index (χ3n) is 4.83. The van der Waals surface area contributed by atoms with Crippen molar-refractivity contribution in [1.82, 2.24) is 9.55 Å². The fourth-order valence-electron chi connectivity index (χ4n) is 3.43. The van der Waals surface area contributed by atoms with Crippen LogP contribution in [-0.4, -0.2) is 27.6 Å². The van der Waals surface area contributed by atoms with Crippen LogP contribution in [-0.2, 0) is 9.53 Å². The zero-order valence-electron chi connectivity index (χ0n) is 16.5. The van der Waals surface area contributed by atoms with Gasteiger partial charge in [-0.2, -0.15) is 0 Å². The molecule has 0 bridgehead atoms. The number of thiazole rings is 1. The number of methoxy groups -OCH3 is 1. The lowest BCUT2D eigenvalue weighted by molar-refractivity contribution is -0.384. The molecule has 3 aromatic rings. The summed E-state index contributed by atoms with van der Waals surface area (Å²) in [5.41, 5.74) is 1.25. The van der Waals surface area contributed by atoms with Crippen molar-refractivity contribution < 1.29 is 14.5 Å². The number of non-ortho nitro benzene ring substituents is 1. The molecule has 1 aliphatic rings. The van der Waals surface area contributed by atoms with Crippen LogP contribution in [0.3, 0.4) is 0 Å². The Morgan fingerprint density at radius 1 is 1.29 bits per heavy atom. The summed E-state index contributed by atoms with van der Waals surface area (Å²) in [6, 6.07) is 8.49. The first-order chi connectivity index (χ1) is 14.9. The molecule has 1 unspecified atom stereocenters. The maximum atomic E-state index is 13.3. The average molecular weight is 436 g/mol. The van der Waals surface area contributed by atoms with Crippen LogP contribution in [0.5, 0.6) is 0 Å². The van der Waals surface area contributed by atoms with Crippen molar-refractivity contribution in [3.63, 3.8) is 0 Å². The number of pyridine rings is 1. The van der Waals surface area contributed by atoms with Gasteiger partial charge in [-0.1, -0.05) is 23.5 Å². The first kappa shape index (κ1) is 20.4. The van der Waals surface area contributed by atoms with Crippen LogP contribution in [0.4, 0.5) is 5.69 Å². The largest absolute Gasteiger partial charge is 0.466 e. The Bertz CT molecular complexity index is 1410. The van der Waals surface area contributed by atoms with Crippen LogP contribution in [0.25, 0.3) is 6.08 Å². The molecule has 0 spiro atoms. The summed E-state index contributed by atoms with van der Waals surface area (Å²) < 4.78 is 6.73. The fraction of sp³-hybridized carbons (Fsp3) is 0.143. The normalized spacial score (nSPS) is 15.9. The molecule has 2 aromatic heterocycles. The van der Waals surface area contributed by atoms with E-state index in [1.54, 1.807) is 43.6 Å². The highest BCUT2D eigenvalue weighted by molar-refractivity contribution is 7.07. The smallest absolute Gasteiger partial charge is 0.338 e. The van der Waals surface area contributed by atoms with Crippen LogP contribution in [0, 0.1) is 10.1 Å². The number of carbonyl (C=O) groups excluding carboxylic acids is 1. The number of rotatable bonds is 4. The van der Waals surface area contributed by atoms with Crippen molar-refractivity contribution >= 4 is 29.1 Å². The van der Waals surface area contributed by atoms with E-state index in [4.69, 9.17) is 4.74 Å². The number of nitro benzene ring substituents is 1. The molecule has 0 fully saturated rings.